The van der Waals surface area contributed by atoms with Crippen LogP contribution in [-0.4, -0.2) is 26.4 Å². The molecule has 1 aromatic heterocycles. The SMILES string of the molecule is C1=CC(CSc2nnn[nH]2)=CCC1. The van der Waals surface area contributed by atoms with Gasteiger partial charge in [-0.3, -0.25) is 0 Å². The lowest BCUT2D eigenvalue weighted by Crippen LogP contribution is -1.89. The van der Waals surface area contributed by atoms with Crippen LogP contribution in [0.4, 0.5) is 0 Å². The summed E-state index contributed by atoms with van der Waals surface area (Å²) < 4.78 is 0. The van der Waals surface area contributed by atoms with Crippen LogP contribution in [-0.2, 0) is 0 Å². The Labute approximate surface area is 80.5 Å². The first-order valence-electron chi connectivity index (χ1n) is 4.17. The predicted octanol–water partition coefficient (Wildman–Crippen LogP) is 1.57. The Kier molecular flexibility index (Phi) is 2.76. The van der Waals surface area contributed by atoms with Crippen LogP contribution in [0, 0.1) is 0 Å². The molecule has 1 heterocycles. The fraction of sp³-hybridized carbons (Fsp3) is 0.375. The largest absolute Gasteiger partial charge is 0.234 e. The van der Waals surface area contributed by atoms with Gasteiger partial charge in [-0.25, -0.2) is 5.10 Å². The van der Waals surface area contributed by atoms with Gasteiger partial charge in [0.25, 0.3) is 0 Å². The standard InChI is InChI=1S/C8H10N4S/c1-2-4-7(5-3-1)6-13-8-9-11-12-10-8/h2,4-5H,1,3,6H2,(H,9,10,11,12). The summed E-state index contributed by atoms with van der Waals surface area (Å²) >= 11 is 1.62. The highest BCUT2D eigenvalue weighted by atomic mass is 32.2. The predicted molar refractivity (Wildman–Crippen MR) is 51.4 cm³/mol. The van der Waals surface area contributed by atoms with Gasteiger partial charge in [0.2, 0.25) is 5.16 Å². The molecule has 2 rings (SSSR count). The van der Waals surface area contributed by atoms with Crippen molar-refractivity contribution < 1.29 is 0 Å². The molecule has 68 valence electrons. The molecule has 0 spiro atoms. The van der Waals surface area contributed by atoms with Gasteiger partial charge in [0.15, 0.2) is 0 Å². The Bertz CT molecular complexity index is 315. The van der Waals surface area contributed by atoms with Crippen molar-refractivity contribution >= 4 is 11.8 Å². The van der Waals surface area contributed by atoms with Crippen molar-refractivity contribution in [3.63, 3.8) is 0 Å². The molecule has 5 heteroatoms. The minimum atomic E-state index is 0.778. The maximum Gasteiger partial charge on any atom is 0.207 e. The number of hydrogen-bond donors (Lipinski definition) is 1. The third-order valence-corrected chi connectivity index (χ3v) is 2.70. The highest BCUT2D eigenvalue weighted by Gasteiger charge is 2.01. The van der Waals surface area contributed by atoms with E-state index in [-0.39, 0.29) is 0 Å². The van der Waals surface area contributed by atoms with E-state index in [0.717, 1.165) is 23.8 Å². The van der Waals surface area contributed by atoms with Gasteiger partial charge < -0.3 is 0 Å². The molecule has 1 N–H and O–H groups in total. The number of H-pyrrole nitrogens is 1. The number of hydrogen-bond acceptors (Lipinski definition) is 4. The zero-order chi connectivity index (χ0) is 8.93. The molecule has 0 aromatic carbocycles. The van der Waals surface area contributed by atoms with E-state index in [2.05, 4.69) is 38.9 Å². The van der Waals surface area contributed by atoms with Crippen LogP contribution in [0.2, 0.25) is 0 Å². The van der Waals surface area contributed by atoms with Crippen LogP contribution in [0.3, 0.4) is 0 Å². The fourth-order valence-electron chi connectivity index (χ4n) is 1.14. The smallest absolute Gasteiger partial charge is 0.207 e. The van der Waals surface area contributed by atoms with E-state index in [1.54, 1.807) is 11.8 Å². The molecule has 0 fully saturated rings. The molecule has 0 atom stereocenters. The molecule has 1 aliphatic carbocycles. The monoisotopic (exact) mass is 194 g/mol. The van der Waals surface area contributed by atoms with Gasteiger partial charge in [0.1, 0.15) is 0 Å². The molecule has 13 heavy (non-hydrogen) atoms. The van der Waals surface area contributed by atoms with Crippen molar-refractivity contribution in [1.82, 2.24) is 20.6 Å². The van der Waals surface area contributed by atoms with Crippen molar-refractivity contribution in [2.24, 2.45) is 0 Å². The minimum Gasteiger partial charge on any atom is -0.234 e. The average Bonchev–Trinajstić information content (AvgIpc) is 2.69. The van der Waals surface area contributed by atoms with E-state index in [0.29, 0.717) is 0 Å². The number of tetrazole rings is 1. The van der Waals surface area contributed by atoms with Crippen LogP contribution >= 0.6 is 11.8 Å². The molecule has 0 aliphatic heterocycles. The van der Waals surface area contributed by atoms with Crippen molar-refractivity contribution in [3.8, 4) is 0 Å². The first-order chi connectivity index (χ1) is 6.45. The van der Waals surface area contributed by atoms with E-state index < -0.39 is 0 Å². The first kappa shape index (κ1) is 8.50. The van der Waals surface area contributed by atoms with Crippen molar-refractivity contribution in [3.05, 3.63) is 23.8 Å². The second-order valence-corrected chi connectivity index (χ2v) is 3.72. The molecule has 0 amide bonds. The van der Waals surface area contributed by atoms with Crippen molar-refractivity contribution in [1.29, 1.82) is 0 Å². The van der Waals surface area contributed by atoms with E-state index >= 15 is 0 Å². The van der Waals surface area contributed by atoms with Gasteiger partial charge >= 0.3 is 0 Å². The summed E-state index contributed by atoms with van der Waals surface area (Å²) in [5, 5.41) is 14.3. The summed E-state index contributed by atoms with van der Waals surface area (Å²) in [5.41, 5.74) is 1.35. The number of nitrogens with zero attached hydrogens (tertiary/aromatic N) is 3. The zero-order valence-electron chi connectivity index (χ0n) is 7.10. The Hall–Kier alpha value is -1.10. The molecule has 0 saturated heterocycles. The van der Waals surface area contributed by atoms with Crippen LogP contribution in [0.1, 0.15) is 12.8 Å². The summed E-state index contributed by atoms with van der Waals surface area (Å²) in [7, 11) is 0. The molecule has 4 nitrogen and oxygen atoms in total. The minimum absolute atomic E-state index is 0.778. The lowest BCUT2D eigenvalue weighted by Gasteiger charge is -2.03. The summed E-state index contributed by atoms with van der Waals surface area (Å²) in [6.07, 6.45) is 8.95. The number of aromatic nitrogens is 4. The first-order valence-corrected chi connectivity index (χ1v) is 5.16. The third kappa shape index (κ3) is 2.42. The van der Waals surface area contributed by atoms with Gasteiger partial charge in [-0.1, -0.05) is 30.0 Å². The molecule has 0 saturated carbocycles. The molecular weight excluding hydrogens is 184 g/mol. The maximum atomic E-state index is 3.80. The van der Waals surface area contributed by atoms with Crippen LogP contribution in [0.15, 0.2) is 29.0 Å². The summed E-state index contributed by atoms with van der Waals surface area (Å²) in [4.78, 5) is 0. The molecule has 1 aliphatic rings. The normalized spacial score (nSPS) is 15.8. The summed E-state index contributed by atoms with van der Waals surface area (Å²) in [5.74, 6) is 0.938. The maximum absolute atomic E-state index is 3.80. The van der Waals surface area contributed by atoms with Gasteiger partial charge in [-0.05, 0) is 28.8 Å². The van der Waals surface area contributed by atoms with Crippen LogP contribution < -0.4 is 0 Å². The van der Waals surface area contributed by atoms with E-state index in [1.807, 2.05) is 0 Å². The number of rotatable bonds is 3. The van der Waals surface area contributed by atoms with Crippen LogP contribution in [0.5, 0.6) is 0 Å². The zero-order valence-corrected chi connectivity index (χ0v) is 7.92. The van der Waals surface area contributed by atoms with Crippen LogP contribution in [0.25, 0.3) is 0 Å². The summed E-state index contributed by atoms with van der Waals surface area (Å²) in [6, 6.07) is 0. The molecule has 1 aromatic rings. The van der Waals surface area contributed by atoms with E-state index in [1.165, 1.54) is 5.57 Å². The number of allylic oxidation sites excluding steroid dienone is 3. The Balaban J connectivity index is 1.86. The van der Waals surface area contributed by atoms with E-state index in [9.17, 15) is 0 Å². The number of thioether (sulfide) groups is 1. The van der Waals surface area contributed by atoms with Gasteiger partial charge in [-0.2, -0.15) is 0 Å². The molecular formula is C8H10N4S. The highest BCUT2D eigenvalue weighted by molar-refractivity contribution is 7.99. The molecule has 0 bridgehead atoms. The van der Waals surface area contributed by atoms with Crippen molar-refractivity contribution in [2.45, 2.75) is 18.0 Å². The van der Waals surface area contributed by atoms with Gasteiger partial charge in [-0.15, -0.1) is 5.10 Å². The topological polar surface area (TPSA) is 54.5 Å². The summed E-state index contributed by atoms with van der Waals surface area (Å²) in [6.45, 7) is 0. The Morgan fingerprint density at radius 2 is 2.46 bits per heavy atom. The lowest BCUT2D eigenvalue weighted by atomic mass is 10.1. The fourth-order valence-corrected chi connectivity index (χ4v) is 1.86. The number of nitrogens with one attached hydrogen (secondary N) is 1. The van der Waals surface area contributed by atoms with Crippen molar-refractivity contribution in [2.75, 3.05) is 5.75 Å². The Morgan fingerprint density at radius 3 is 3.15 bits per heavy atom. The quantitative estimate of drug-likeness (QED) is 0.742. The lowest BCUT2D eigenvalue weighted by molar-refractivity contribution is 0.881. The van der Waals surface area contributed by atoms with Gasteiger partial charge in [0, 0.05) is 5.75 Å². The third-order valence-electron chi connectivity index (χ3n) is 1.77. The number of aromatic amines is 1. The second-order valence-electron chi connectivity index (χ2n) is 2.75. The Morgan fingerprint density at radius 1 is 1.46 bits per heavy atom. The second kappa shape index (κ2) is 4.23. The van der Waals surface area contributed by atoms with Gasteiger partial charge in [0.05, 0.1) is 0 Å². The average molecular weight is 194 g/mol. The molecule has 0 unspecified atom stereocenters. The van der Waals surface area contributed by atoms with E-state index in [4.69, 9.17) is 0 Å². The highest BCUT2D eigenvalue weighted by Crippen LogP contribution is 2.18. The molecule has 0 radical (unpaired) electrons.